The van der Waals surface area contributed by atoms with Crippen molar-refractivity contribution >= 4 is 0 Å². The Bertz CT molecular complexity index is 271. The Balaban J connectivity index is 1.69. The van der Waals surface area contributed by atoms with Crippen LogP contribution in [0.1, 0.15) is 25.5 Å². The molecule has 2 rings (SSSR count). The van der Waals surface area contributed by atoms with Crippen molar-refractivity contribution in [2.24, 2.45) is 5.92 Å². The van der Waals surface area contributed by atoms with Crippen molar-refractivity contribution in [3.63, 3.8) is 0 Å². The van der Waals surface area contributed by atoms with Gasteiger partial charge in [-0.05, 0) is 30.9 Å². The molecule has 0 bridgehead atoms. The molecule has 15 heavy (non-hydrogen) atoms. The average Bonchev–Trinajstić information content (AvgIpc) is 2.88. The standard InChI is InChI=1S/C12H19NO2/c1-2-12-10(5-7-15-12)8-13-9-11-4-3-6-14-11/h3-4,6,10,12-13H,2,5,7-9H2,1H3. The van der Waals surface area contributed by atoms with Gasteiger partial charge in [0.25, 0.3) is 0 Å². The molecule has 0 aromatic carbocycles. The number of nitrogens with one attached hydrogen (secondary N) is 1. The normalized spacial score (nSPS) is 25.9. The minimum atomic E-state index is 0.453. The van der Waals surface area contributed by atoms with Gasteiger partial charge >= 0.3 is 0 Å². The Morgan fingerprint density at radius 2 is 2.47 bits per heavy atom. The second kappa shape index (κ2) is 5.33. The highest BCUT2D eigenvalue weighted by Gasteiger charge is 2.25. The maximum absolute atomic E-state index is 5.64. The molecule has 3 nitrogen and oxygen atoms in total. The Morgan fingerprint density at radius 1 is 1.53 bits per heavy atom. The van der Waals surface area contributed by atoms with Crippen LogP contribution in [-0.4, -0.2) is 19.3 Å². The van der Waals surface area contributed by atoms with Gasteiger partial charge in [-0.25, -0.2) is 0 Å². The second-order valence-corrected chi connectivity index (χ2v) is 4.08. The summed E-state index contributed by atoms with van der Waals surface area (Å²) >= 11 is 0. The summed E-state index contributed by atoms with van der Waals surface area (Å²) in [7, 11) is 0. The van der Waals surface area contributed by atoms with Crippen LogP contribution in [0, 0.1) is 5.92 Å². The minimum Gasteiger partial charge on any atom is -0.468 e. The van der Waals surface area contributed by atoms with Gasteiger partial charge in [-0.3, -0.25) is 0 Å². The van der Waals surface area contributed by atoms with E-state index in [2.05, 4.69) is 12.2 Å². The molecule has 0 saturated carbocycles. The van der Waals surface area contributed by atoms with Crippen LogP contribution in [0.4, 0.5) is 0 Å². The van der Waals surface area contributed by atoms with Gasteiger partial charge in [-0.15, -0.1) is 0 Å². The lowest BCUT2D eigenvalue weighted by molar-refractivity contribution is 0.0871. The molecule has 1 N–H and O–H groups in total. The summed E-state index contributed by atoms with van der Waals surface area (Å²) in [6.45, 7) is 4.96. The van der Waals surface area contributed by atoms with E-state index in [0.717, 1.165) is 31.9 Å². The monoisotopic (exact) mass is 209 g/mol. The number of hydrogen-bond acceptors (Lipinski definition) is 3. The zero-order valence-corrected chi connectivity index (χ0v) is 9.24. The molecule has 2 heterocycles. The van der Waals surface area contributed by atoms with Crippen LogP contribution in [0.25, 0.3) is 0 Å². The van der Waals surface area contributed by atoms with Gasteiger partial charge in [-0.1, -0.05) is 6.92 Å². The van der Waals surface area contributed by atoms with E-state index < -0.39 is 0 Å². The van der Waals surface area contributed by atoms with E-state index in [1.165, 1.54) is 6.42 Å². The van der Waals surface area contributed by atoms with Gasteiger partial charge in [0.05, 0.1) is 18.9 Å². The van der Waals surface area contributed by atoms with Gasteiger partial charge < -0.3 is 14.5 Å². The first-order valence-electron chi connectivity index (χ1n) is 5.75. The van der Waals surface area contributed by atoms with Gasteiger partial charge in [0.1, 0.15) is 5.76 Å². The highest BCUT2D eigenvalue weighted by atomic mass is 16.5. The van der Waals surface area contributed by atoms with E-state index in [1.54, 1.807) is 6.26 Å². The molecule has 0 radical (unpaired) electrons. The molecule has 1 aromatic heterocycles. The van der Waals surface area contributed by atoms with Crippen LogP contribution < -0.4 is 5.32 Å². The number of furan rings is 1. The van der Waals surface area contributed by atoms with Gasteiger partial charge in [-0.2, -0.15) is 0 Å². The predicted octanol–water partition coefficient (Wildman–Crippen LogP) is 2.18. The number of rotatable bonds is 5. The summed E-state index contributed by atoms with van der Waals surface area (Å²) in [5.41, 5.74) is 0. The molecule has 1 saturated heterocycles. The van der Waals surface area contributed by atoms with Crippen molar-refractivity contribution in [2.45, 2.75) is 32.4 Å². The van der Waals surface area contributed by atoms with Crippen molar-refractivity contribution in [3.05, 3.63) is 24.2 Å². The van der Waals surface area contributed by atoms with Gasteiger partial charge in [0, 0.05) is 13.2 Å². The molecule has 3 heteroatoms. The van der Waals surface area contributed by atoms with E-state index in [4.69, 9.17) is 9.15 Å². The fourth-order valence-electron chi connectivity index (χ4n) is 2.17. The summed E-state index contributed by atoms with van der Waals surface area (Å²) in [6, 6.07) is 3.92. The molecule has 1 aromatic rings. The zero-order chi connectivity index (χ0) is 10.5. The molecular weight excluding hydrogens is 190 g/mol. The van der Waals surface area contributed by atoms with Crippen LogP contribution in [0.2, 0.25) is 0 Å². The molecule has 1 aliphatic rings. The molecule has 2 atom stereocenters. The van der Waals surface area contributed by atoms with Crippen molar-refractivity contribution in [2.75, 3.05) is 13.2 Å². The van der Waals surface area contributed by atoms with E-state index in [1.807, 2.05) is 12.1 Å². The summed E-state index contributed by atoms with van der Waals surface area (Å²) < 4.78 is 10.9. The Kier molecular flexibility index (Phi) is 3.80. The molecule has 0 aliphatic carbocycles. The van der Waals surface area contributed by atoms with Crippen molar-refractivity contribution in [1.29, 1.82) is 0 Å². The Labute approximate surface area is 90.8 Å². The fraction of sp³-hybridized carbons (Fsp3) is 0.667. The minimum absolute atomic E-state index is 0.453. The molecule has 2 unspecified atom stereocenters. The first kappa shape index (κ1) is 10.7. The van der Waals surface area contributed by atoms with Gasteiger partial charge in [0.15, 0.2) is 0 Å². The highest BCUT2D eigenvalue weighted by Crippen LogP contribution is 2.22. The number of ether oxygens (including phenoxy) is 1. The maximum Gasteiger partial charge on any atom is 0.117 e. The smallest absolute Gasteiger partial charge is 0.117 e. The predicted molar refractivity (Wildman–Crippen MR) is 58.6 cm³/mol. The third kappa shape index (κ3) is 2.83. The van der Waals surface area contributed by atoms with E-state index >= 15 is 0 Å². The topological polar surface area (TPSA) is 34.4 Å². The Hall–Kier alpha value is -0.800. The lowest BCUT2D eigenvalue weighted by Crippen LogP contribution is -2.27. The zero-order valence-electron chi connectivity index (χ0n) is 9.24. The highest BCUT2D eigenvalue weighted by molar-refractivity contribution is 4.97. The van der Waals surface area contributed by atoms with E-state index in [-0.39, 0.29) is 0 Å². The molecular formula is C12H19NO2. The fourth-order valence-corrected chi connectivity index (χ4v) is 2.17. The quantitative estimate of drug-likeness (QED) is 0.807. The third-order valence-electron chi connectivity index (χ3n) is 3.03. The van der Waals surface area contributed by atoms with Gasteiger partial charge in [0.2, 0.25) is 0 Å². The molecule has 84 valence electrons. The van der Waals surface area contributed by atoms with Crippen LogP contribution in [-0.2, 0) is 11.3 Å². The summed E-state index contributed by atoms with van der Waals surface area (Å²) in [4.78, 5) is 0. The lowest BCUT2D eigenvalue weighted by Gasteiger charge is -2.16. The Morgan fingerprint density at radius 3 is 3.20 bits per heavy atom. The summed E-state index contributed by atoms with van der Waals surface area (Å²) in [5.74, 6) is 1.67. The van der Waals surface area contributed by atoms with Crippen LogP contribution >= 0.6 is 0 Å². The average molecular weight is 209 g/mol. The lowest BCUT2D eigenvalue weighted by atomic mass is 10.00. The van der Waals surface area contributed by atoms with E-state index in [0.29, 0.717) is 12.0 Å². The summed E-state index contributed by atoms with van der Waals surface area (Å²) in [5, 5.41) is 3.42. The second-order valence-electron chi connectivity index (χ2n) is 4.08. The SMILES string of the molecule is CCC1OCCC1CNCc1ccco1. The number of hydrogen-bond donors (Lipinski definition) is 1. The maximum atomic E-state index is 5.64. The van der Waals surface area contributed by atoms with Crippen LogP contribution in [0.15, 0.2) is 22.8 Å². The van der Waals surface area contributed by atoms with Crippen LogP contribution in [0.5, 0.6) is 0 Å². The first-order valence-corrected chi connectivity index (χ1v) is 5.75. The molecule has 1 fully saturated rings. The summed E-state index contributed by atoms with van der Waals surface area (Å²) in [6.07, 6.45) is 4.47. The molecule has 0 amide bonds. The van der Waals surface area contributed by atoms with Crippen molar-refractivity contribution in [1.82, 2.24) is 5.32 Å². The molecule has 1 aliphatic heterocycles. The largest absolute Gasteiger partial charge is 0.468 e. The van der Waals surface area contributed by atoms with E-state index in [9.17, 15) is 0 Å². The van der Waals surface area contributed by atoms with Crippen LogP contribution in [0.3, 0.4) is 0 Å². The first-order chi connectivity index (χ1) is 7.40. The third-order valence-corrected chi connectivity index (χ3v) is 3.03. The van der Waals surface area contributed by atoms with Crippen molar-refractivity contribution in [3.8, 4) is 0 Å². The molecule has 0 spiro atoms. The van der Waals surface area contributed by atoms with Crippen molar-refractivity contribution < 1.29 is 9.15 Å².